The second kappa shape index (κ2) is 8.96. The van der Waals surface area contributed by atoms with E-state index in [2.05, 4.69) is 22.3 Å². The summed E-state index contributed by atoms with van der Waals surface area (Å²) in [5.74, 6) is 0.956. The molecule has 0 radical (unpaired) electrons. The monoisotopic (exact) mass is 372 g/mol. The number of methoxy groups -OCH3 is 1. The number of amides is 1. The van der Waals surface area contributed by atoms with E-state index < -0.39 is 0 Å². The first-order valence-corrected chi connectivity index (χ1v) is 10.1. The molecule has 2 aromatic carbocycles. The summed E-state index contributed by atoms with van der Waals surface area (Å²) in [6.45, 7) is 4.30. The summed E-state index contributed by atoms with van der Waals surface area (Å²) >= 11 is 1.68. The summed E-state index contributed by atoms with van der Waals surface area (Å²) in [5, 5.41) is 3.02. The molecule has 2 aromatic rings. The molecule has 1 heterocycles. The largest absolute Gasteiger partial charge is 0.497 e. The van der Waals surface area contributed by atoms with Crippen LogP contribution in [0.3, 0.4) is 0 Å². The van der Waals surface area contributed by atoms with Gasteiger partial charge in [-0.05, 0) is 36.6 Å². The second-order valence-electron chi connectivity index (χ2n) is 6.40. The fraction of sp³-hybridized carbons (Fsp3) is 0.350. The standard InChI is InChI=1S/C20H25N3O2S/c1-25-18-7-4-6-17(14-18)23-11-9-22(10-12-23)15-20(24)21-16-5-3-8-19(13-16)26-2/h3-8,13-14H,9-12,15H2,1-2H3,(H,21,24)/p+1. The van der Waals surface area contributed by atoms with Gasteiger partial charge < -0.3 is 19.9 Å². The topological polar surface area (TPSA) is 46.0 Å². The Morgan fingerprint density at radius 2 is 1.96 bits per heavy atom. The van der Waals surface area contributed by atoms with Crippen LogP contribution in [0.25, 0.3) is 0 Å². The zero-order valence-corrected chi connectivity index (χ0v) is 16.1. The van der Waals surface area contributed by atoms with Crippen LogP contribution in [0.5, 0.6) is 5.75 Å². The van der Waals surface area contributed by atoms with Gasteiger partial charge in [-0.1, -0.05) is 12.1 Å². The van der Waals surface area contributed by atoms with Crippen molar-refractivity contribution in [1.82, 2.24) is 0 Å². The highest BCUT2D eigenvalue weighted by Gasteiger charge is 2.22. The number of benzene rings is 2. The van der Waals surface area contributed by atoms with Crippen LogP contribution in [-0.4, -0.2) is 52.0 Å². The molecule has 0 unspecified atom stereocenters. The summed E-state index contributed by atoms with van der Waals surface area (Å²) in [6.07, 6.45) is 2.03. The minimum absolute atomic E-state index is 0.0769. The third-order valence-corrected chi connectivity index (χ3v) is 5.38. The number of nitrogens with zero attached hydrogens (tertiary/aromatic N) is 1. The van der Waals surface area contributed by atoms with Gasteiger partial charge >= 0.3 is 0 Å². The number of carbonyl (C=O) groups is 1. The van der Waals surface area contributed by atoms with Crippen molar-refractivity contribution >= 4 is 29.0 Å². The lowest BCUT2D eigenvalue weighted by Crippen LogP contribution is -3.15. The number of thioether (sulfide) groups is 1. The van der Waals surface area contributed by atoms with Gasteiger partial charge in [-0.3, -0.25) is 4.79 Å². The summed E-state index contributed by atoms with van der Waals surface area (Å²) in [4.78, 5) is 17.2. The predicted octanol–water partition coefficient (Wildman–Crippen LogP) is 1.76. The van der Waals surface area contributed by atoms with Crippen LogP contribution in [0.2, 0.25) is 0 Å². The number of rotatable bonds is 6. The van der Waals surface area contributed by atoms with E-state index in [0.29, 0.717) is 6.54 Å². The van der Waals surface area contributed by atoms with Crippen molar-refractivity contribution < 1.29 is 14.4 Å². The predicted molar refractivity (Wildman–Crippen MR) is 108 cm³/mol. The van der Waals surface area contributed by atoms with Crippen LogP contribution < -0.4 is 19.9 Å². The summed E-state index contributed by atoms with van der Waals surface area (Å²) in [7, 11) is 1.69. The Balaban J connectivity index is 1.49. The zero-order chi connectivity index (χ0) is 18.4. The van der Waals surface area contributed by atoms with Gasteiger partial charge in [0.25, 0.3) is 5.91 Å². The third kappa shape index (κ3) is 4.93. The first-order chi connectivity index (χ1) is 12.7. The molecule has 2 N–H and O–H groups in total. The number of quaternary nitrogens is 1. The number of ether oxygens (including phenoxy) is 1. The molecular weight excluding hydrogens is 346 g/mol. The summed E-state index contributed by atoms with van der Waals surface area (Å²) in [5.41, 5.74) is 2.05. The molecule has 1 aliphatic heterocycles. The van der Waals surface area contributed by atoms with E-state index in [1.807, 2.05) is 42.7 Å². The Kier molecular flexibility index (Phi) is 6.41. The Morgan fingerprint density at radius 1 is 1.19 bits per heavy atom. The molecule has 6 heteroatoms. The first kappa shape index (κ1) is 18.6. The third-order valence-electron chi connectivity index (χ3n) is 4.65. The maximum atomic E-state index is 12.3. The van der Waals surface area contributed by atoms with Gasteiger partial charge in [-0.15, -0.1) is 11.8 Å². The quantitative estimate of drug-likeness (QED) is 0.759. The summed E-state index contributed by atoms with van der Waals surface area (Å²) < 4.78 is 5.31. The van der Waals surface area contributed by atoms with Crippen molar-refractivity contribution in [2.75, 3.05) is 56.3 Å². The normalized spacial score (nSPS) is 14.9. The molecule has 0 atom stereocenters. The van der Waals surface area contributed by atoms with Gasteiger partial charge in [-0.25, -0.2) is 0 Å². The van der Waals surface area contributed by atoms with Crippen LogP contribution in [0, 0.1) is 0 Å². The van der Waals surface area contributed by atoms with E-state index in [1.165, 1.54) is 10.6 Å². The number of nitrogens with one attached hydrogen (secondary N) is 2. The van der Waals surface area contributed by atoms with Gasteiger partial charge in [0.15, 0.2) is 6.54 Å². The van der Waals surface area contributed by atoms with Crippen LogP contribution in [-0.2, 0) is 4.79 Å². The number of anilines is 2. The highest BCUT2D eigenvalue weighted by molar-refractivity contribution is 7.98. The van der Waals surface area contributed by atoms with Gasteiger partial charge in [0.1, 0.15) is 5.75 Å². The fourth-order valence-corrected chi connectivity index (χ4v) is 3.66. The molecule has 1 amide bonds. The van der Waals surface area contributed by atoms with Crippen LogP contribution in [0.15, 0.2) is 53.4 Å². The Bertz CT molecular complexity index is 745. The van der Waals surface area contributed by atoms with Crippen LogP contribution in [0.4, 0.5) is 11.4 Å². The minimum Gasteiger partial charge on any atom is -0.497 e. The average molecular weight is 373 g/mol. The first-order valence-electron chi connectivity index (χ1n) is 8.84. The van der Waals surface area contributed by atoms with Gasteiger partial charge in [0.2, 0.25) is 0 Å². The lowest BCUT2D eigenvalue weighted by molar-refractivity contribution is -0.892. The van der Waals surface area contributed by atoms with E-state index >= 15 is 0 Å². The lowest BCUT2D eigenvalue weighted by atomic mass is 10.2. The molecule has 1 fully saturated rings. The average Bonchev–Trinajstić information content (AvgIpc) is 2.68. The summed E-state index contributed by atoms with van der Waals surface area (Å²) in [6, 6.07) is 16.1. The Morgan fingerprint density at radius 3 is 2.69 bits per heavy atom. The van der Waals surface area contributed by atoms with Crippen molar-refractivity contribution in [2.45, 2.75) is 4.90 Å². The molecule has 0 bridgehead atoms. The molecule has 138 valence electrons. The smallest absolute Gasteiger partial charge is 0.279 e. The second-order valence-corrected chi connectivity index (χ2v) is 7.28. The van der Waals surface area contributed by atoms with E-state index in [9.17, 15) is 4.79 Å². The van der Waals surface area contributed by atoms with Gasteiger partial charge in [-0.2, -0.15) is 0 Å². The molecular formula is C20H26N3O2S+. The molecule has 0 saturated carbocycles. The molecule has 0 aliphatic carbocycles. The molecule has 0 spiro atoms. The maximum Gasteiger partial charge on any atom is 0.279 e. The molecule has 26 heavy (non-hydrogen) atoms. The molecule has 3 rings (SSSR count). The van der Waals surface area contributed by atoms with Crippen LogP contribution in [0.1, 0.15) is 0 Å². The molecule has 1 saturated heterocycles. The van der Waals surface area contributed by atoms with E-state index in [4.69, 9.17) is 4.74 Å². The van der Waals surface area contributed by atoms with Crippen molar-refractivity contribution in [2.24, 2.45) is 0 Å². The number of hydrogen-bond acceptors (Lipinski definition) is 4. The molecule has 1 aliphatic rings. The maximum absolute atomic E-state index is 12.3. The van der Waals surface area contributed by atoms with Crippen molar-refractivity contribution in [3.63, 3.8) is 0 Å². The number of piperazine rings is 1. The number of hydrogen-bond donors (Lipinski definition) is 2. The fourth-order valence-electron chi connectivity index (χ4n) is 3.20. The Hall–Kier alpha value is -2.18. The highest BCUT2D eigenvalue weighted by Crippen LogP contribution is 2.21. The van der Waals surface area contributed by atoms with Crippen molar-refractivity contribution in [1.29, 1.82) is 0 Å². The SMILES string of the molecule is COc1cccc(N2CC[NH+](CC(=O)Nc3cccc(SC)c3)CC2)c1. The Labute approximate surface area is 159 Å². The van der Waals surface area contributed by atoms with E-state index in [-0.39, 0.29) is 5.91 Å². The molecule has 5 nitrogen and oxygen atoms in total. The highest BCUT2D eigenvalue weighted by atomic mass is 32.2. The van der Waals surface area contributed by atoms with Crippen molar-refractivity contribution in [3.05, 3.63) is 48.5 Å². The van der Waals surface area contributed by atoms with Gasteiger partial charge in [0.05, 0.1) is 33.3 Å². The molecule has 0 aromatic heterocycles. The van der Waals surface area contributed by atoms with E-state index in [1.54, 1.807) is 18.9 Å². The van der Waals surface area contributed by atoms with Gasteiger partial charge in [0, 0.05) is 22.3 Å². The zero-order valence-electron chi connectivity index (χ0n) is 15.3. The lowest BCUT2D eigenvalue weighted by Gasteiger charge is -2.33. The number of carbonyl (C=O) groups excluding carboxylic acids is 1. The van der Waals surface area contributed by atoms with Crippen LogP contribution >= 0.6 is 11.8 Å². The minimum atomic E-state index is 0.0769. The van der Waals surface area contributed by atoms with Crippen molar-refractivity contribution in [3.8, 4) is 5.75 Å². The van der Waals surface area contributed by atoms with E-state index in [0.717, 1.165) is 42.5 Å².